The van der Waals surface area contributed by atoms with Gasteiger partial charge in [-0.3, -0.25) is 4.79 Å². The van der Waals surface area contributed by atoms with E-state index in [0.29, 0.717) is 5.02 Å². The molecule has 1 heterocycles. The number of rotatable bonds is 5. The molecule has 22 heavy (non-hydrogen) atoms. The number of aliphatic hydroxyl groups excluding tert-OH is 1. The van der Waals surface area contributed by atoms with Crippen molar-refractivity contribution in [2.24, 2.45) is 0 Å². The Morgan fingerprint density at radius 2 is 2.23 bits per heavy atom. The van der Waals surface area contributed by atoms with Gasteiger partial charge in [-0.2, -0.15) is 0 Å². The lowest BCUT2D eigenvalue weighted by Gasteiger charge is -2.17. The average molecular weight is 334 g/mol. The van der Waals surface area contributed by atoms with E-state index in [0.717, 1.165) is 28.8 Å². The molecule has 0 aliphatic heterocycles. The molecule has 2 N–H and O–H groups in total. The quantitative estimate of drug-likeness (QED) is 0.819. The van der Waals surface area contributed by atoms with E-state index < -0.39 is 0 Å². The zero-order chi connectivity index (χ0) is 15.6. The first-order chi connectivity index (χ1) is 10.6. The molecule has 1 amide bonds. The number of amides is 1. The van der Waals surface area contributed by atoms with E-state index in [2.05, 4.69) is 5.32 Å². The molecule has 114 valence electrons. The zero-order valence-electron chi connectivity index (χ0n) is 11.9. The molecule has 0 spiro atoms. The predicted molar refractivity (Wildman–Crippen MR) is 89.8 cm³/mol. The summed E-state index contributed by atoms with van der Waals surface area (Å²) in [4.78, 5) is 13.1. The number of carbonyl (C=O) groups excluding carboxylic acids is 1. The zero-order valence-corrected chi connectivity index (χ0v) is 13.5. The van der Waals surface area contributed by atoms with Gasteiger partial charge in [0.1, 0.15) is 0 Å². The minimum atomic E-state index is -0.266. The van der Waals surface area contributed by atoms with Gasteiger partial charge >= 0.3 is 0 Å². The topological polar surface area (TPSA) is 49.3 Å². The molecule has 1 aliphatic carbocycles. The second-order valence-electron chi connectivity index (χ2n) is 5.43. The van der Waals surface area contributed by atoms with Crippen LogP contribution in [0.4, 0.5) is 0 Å². The van der Waals surface area contributed by atoms with Gasteiger partial charge in [0.2, 0.25) is 5.91 Å². The summed E-state index contributed by atoms with van der Waals surface area (Å²) in [5.74, 6) is -0.114. The summed E-state index contributed by atoms with van der Waals surface area (Å²) < 4.78 is 0. The highest BCUT2D eigenvalue weighted by Crippen LogP contribution is 2.46. The molecular weight excluding hydrogens is 318 g/mol. The Labute approximate surface area is 138 Å². The average Bonchev–Trinajstić information content (AvgIpc) is 3.14. The van der Waals surface area contributed by atoms with Crippen LogP contribution in [0.5, 0.6) is 0 Å². The van der Waals surface area contributed by atoms with Gasteiger partial charge < -0.3 is 10.4 Å². The Hall–Kier alpha value is -1.62. The fourth-order valence-electron chi connectivity index (χ4n) is 2.40. The van der Waals surface area contributed by atoms with Crippen LogP contribution < -0.4 is 5.32 Å². The van der Waals surface area contributed by atoms with Crippen LogP contribution in [0.3, 0.4) is 0 Å². The van der Waals surface area contributed by atoms with Gasteiger partial charge in [0, 0.05) is 16.0 Å². The van der Waals surface area contributed by atoms with Crippen LogP contribution in [0.15, 0.2) is 41.8 Å². The number of hydrogen-bond acceptors (Lipinski definition) is 3. The molecule has 0 radical (unpaired) electrons. The van der Waals surface area contributed by atoms with E-state index >= 15 is 0 Å². The Balaban J connectivity index is 1.66. The lowest BCUT2D eigenvalue weighted by atomic mass is 10.1. The van der Waals surface area contributed by atoms with Crippen molar-refractivity contribution in [1.82, 2.24) is 5.32 Å². The standard InChI is InChI=1S/C17H16ClNO2S/c18-14-3-1-2-13(9-14)17(6-7-17)19-16(21)5-4-15-8-12(10-20)11-22-15/h1-5,8-9,11,20H,6-7,10H2,(H,19,21). The molecule has 0 unspecified atom stereocenters. The summed E-state index contributed by atoms with van der Waals surface area (Å²) in [6, 6.07) is 9.51. The molecule has 1 fully saturated rings. The van der Waals surface area contributed by atoms with E-state index in [1.807, 2.05) is 35.7 Å². The van der Waals surface area contributed by atoms with Gasteiger partial charge in [-0.15, -0.1) is 11.3 Å². The van der Waals surface area contributed by atoms with Crippen molar-refractivity contribution in [3.8, 4) is 0 Å². The third-order valence-corrected chi connectivity index (χ3v) is 4.93. The van der Waals surface area contributed by atoms with Crippen molar-refractivity contribution in [2.45, 2.75) is 25.0 Å². The monoisotopic (exact) mass is 333 g/mol. The SMILES string of the molecule is O=C(C=Cc1cc(CO)cs1)NC1(c2cccc(Cl)c2)CC1. The molecule has 1 aromatic heterocycles. The van der Waals surface area contributed by atoms with Gasteiger partial charge in [0.15, 0.2) is 0 Å². The molecule has 0 atom stereocenters. The van der Waals surface area contributed by atoms with Gasteiger partial charge in [0.05, 0.1) is 12.1 Å². The number of carbonyl (C=O) groups is 1. The van der Waals surface area contributed by atoms with E-state index in [1.165, 1.54) is 17.4 Å². The van der Waals surface area contributed by atoms with E-state index in [1.54, 1.807) is 6.08 Å². The first kappa shape index (κ1) is 15.3. The summed E-state index contributed by atoms with van der Waals surface area (Å²) in [5.41, 5.74) is 1.65. The van der Waals surface area contributed by atoms with Crippen molar-refractivity contribution in [3.63, 3.8) is 0 Å². The second kappa shape index (κ2) is 6.24. The molecule has 3 nitrogen and oxygen atoms in total. The fourth-order valence-corrected chi connectivity index (χ4v) is 3.38. The van der Waals surface area contributed by atoms with E-state index in [9.17, 15) is 4.79 Å². The summed E-state index contributed by atoms with van der Waals surface area (Å²) in [5, 5.41) is 14.7. The molecule has 1 saturated carbocycles. The Morgan fingerprint density at radius 3 is 2.86 bits per heavy atom. The smallest absolute Gasteiger partial charge is 0.244 e. The van der Waals surface area contributed by atoms with Gasteiger partial charge in [0.25, 0.3) is 0 Å². The van der Waals surface area contributed by atoms with Gasteiger partial charge in [-0.05, 0) is 53.6 Å². The first-order valence-electron chi connectivity index (χ1n) is 7.06. The molecule has 3 rings (SSSR count). The third kappa shape index (κ3) is 3.40. The van der Waals surface area contributed by atoms with E-state index in [-0.39, 0.29) is 18.1 Å². The molecular formula is C17H16ClNO2S. The molecule has 1 aromatic carbocycles. The molecule has 5 heteroatoms. The number of nitrogens with one attached hydrogen (secondary N) is 1. The molecule has 0 saturated heterocycles. The van der Waals surface area contributed by atoms with Crippen molar-refractivity contribution >= 4 is 34.9 Å². The van der Waals surface area contributed by atoms with Crippen LogP contribution in [-0.2, 0) is 16.9 Å². The minimum Gasteiger partial charge on any atom is -0.392 e. The van der Waals surface area contributed by atoms with Crippen molar-refractivity contribution < 1.29 is 9.90 Å². The molecule has 0 bridgehead atoms. The Kier molecular flexibility index (Phi) is 4.34. The number of aliphatic hydroxyl groups is 1. The van der Waals surface area contributed by atoms with Gasteiger partial charge in [-0.1, -0.05) is 23.7 Å². The van der Waals surface area contributed by atoms with Crippen molar-refractivity contribution in [2.75, 3.05) is 0 Å². The lowest BCUT2D eigenvalue weighted by molar-refractivity contribution is -0.117. The largest absolute Gasteiger partial charge is 0.392 e. The maximum absolute atomic E-state index is 12.1. The second-order valence-corrected chi connectivity index (χ2v) is 6.81. The maximum atomic E-state index is 12.1. The first-order valence-corrected chi connectivity index (χ1v) is 8.32. The lowest BCUT2D eigenvalue weighted by Crippen LogP contribution is -2.33. The summed E-state index contributed by atoms with van der Waals surface area (Å²) in [6.07, 6.45) is 5.17. The number of benzene rings is 1. The number of hydrogen-bond donors (Lipinski definition) is 2. The van der Waals surface area contributed by atoms with Crippen LogP contribution in [0.2, 0.25) is 5.02 Å². The normalized spacial score (nSPS) is 15.9. The van der Waals surface area contributed by atoms with Crippen molar-refractivity contribution in [1.29, 1.82) is 0 Å². The Morgan fingerprint density at radius 1 is 1.41 bits per heavy atom. The highest BCUT2D eigenvalue weighted by molar-refractivity contribution is 7.11. The summed E-state index contributed by atoms with van der Waals surface area (Å²) in [6.45, 7) is 0.0222. The Bertz CT molecular complexity index is 719. The highest BCUT2D eigenvalue weighted by atomic mass is 35.5. The minimum absolute atomic E-state index is 0.0222. The summed E-state index contributed by atoms with van der Waals surface area (Å²) >= 11 is 7.53. The summed E-state index contributed by atoms with van der Waals surface area (Å²) in [7, 11) is 0. The van der Waals surface area contributed by atoms with Gasteiger partial charge in [-0.25, -0.2) is 0 Å². The third-order valence-electron chi connectivity index (χ3n) is 3.75. The molecule has 2 aromatic rings. The highest BCUT2D eigenvalue weighted by Gasteiger charge is 2.45. The van der Waals surface area contributed by atoms with Crippen LogP contribution in [0.1, 0.15) is 28.8 Å². The van der Waals surface area contributed by atoms with Crippen LogP contribution in [0, 0.1) is 0 Å². The molecule has 1 aliphatic rings. The number of thiophene rings is 1. The maximum Gasteiger partial charge on any atom is 0.244 e. The van der Waals surface area contributed by atoms with Crippen LogP contribution in [-0.4, -0.2) is 11.0 Å². The van der Waals surface area contributed by atoms with Crippen LogP contribution >= 0.6 is 22.9 Å². The van der Waals surface area contributed by atoms with Crippen molar-refractivity contribution in [3.05, 3.63) is 62.8 Å². The van der Waals surface area contributed by atoms with E-state index in [4.69, 9.17) is 16.7 Å². The number of halogens is 1. The fraction of sp³-hybridized carbons (Fsp3) is 0.235. The predicted octanol–water partition coefficient (Wildman–Crippen LogP) is 3.71. The van der Waals surface area contributed by atoms with Crippen LogP contribution in [0.25, 0.3) is 6.08 Å².